The number of carboxylic acids is 1. The molecule has 1 radical (unpaired) electrons. The highest BCUT2D eigenvalue weighted by Crippen LogP contribution is 2.09. The largest absolute Gasteiger partial charge is 0.480 e. The van der Waals surface area contributed by atoms with Crippen molar-refractivity contribution in [3.63, 3.8) is 0 Å². The van der Waals surface area contributed by atoms with E-state index in [1.54, 1.807) is 20.5 Å². The molecule has 0 aromatic rings. The van der Waals surface area contributed by atoms with E-state index in [9.17, 15) is 9.59 Å². The standard InChI is InChI=1S/C8H14N3O3/c1-5-3-10-7(9-2)8(14)11(5)4-6(12)13/h3,5,7,9-10H,4H2,1-2H3,(H,12,13). The molecule has 1 heterocycles. The van der Waals surface area contributed by atoms with Crippen LogP contribution in [0.15, 0.2) is 0 Å². The number of carbonyl (C=O) groups is 2. The molecule has 2 unspecified atom stereocenters. The van der Waals surface area contributed by atoms with Gasteiger partial charge in [0, 0.05) is 12.6 Å². The number of likely N-dealkylation sites (N-methyl/N-ethyl adjacent to an activating group) is 1. The monoisotopic (exact) mass is 200 g/mol. The lowest BCUT2D eigenvalue weighted by molar-refractivity contribution is -0.148. The van der Waals surface area contributed by atoms with Gasteiger partial charge >= 0.3 is 5.97 Å². The summed E-state index contributed by atoms with van der Waals surface area (Å²) in [6.45, 7) is 3.20. The van der Waals surface area contributed by atoms with Gasteiger partial charge in [0.05, 0.1) is 0 Å². The van der Waals surface area contributed by atoms with Crippen molar-refractivity contribution >= 4 is 11.9 Å². The number of nitrogens with one attached hydrogen (secondary N) is 2. The van der Waals surface area contributed by atoms with Gasteiger partial charge in [0.2, 0.25) is 0 Å². The first-order valence-electron chi connectivity index (χ1n) is 4.35. The summed E-state index contributed by atoms with van der Waals surface area (Å²) in [7, 11) is 1.64. The van der Waals surface area contributed by atoms with Crippen molar-refractivity contribution in [1.82, 2.24) is 15.5 Å². The minimum Gasteiger partial charge on any atom is -0.480 e. The predicted molar refractivity (Wildman–Crippen MR) is 49.1 cm³/mol. The van der Waals surface area contributed by atoms with Crippen molar-refractivity contribution in [2.45, 2.75) is 19.1 Å². The second kappa shape index (κ2) is 4.39. The number of carbonyl (C=O) groups excluding carboxylic acids is 1. The first kappa shape index (κ1) is 10.9. The first-order chi connectivity index (χ1) is 6.56. The number of nitrogens with zero attached hydrogens (tertiary/aromatic N) is 1. The Kier molecular flexibility index (Phi) is 3.43. The van der Waals surface area contributed by atoms with Crippen LogP contribution in [0.3, 0.4) is 0 Å². The highest BCUT2D eigenvalue weighted by Gasteiger charge is 2.33. The molecule has 1 amide bonds. The second-order valence-electron chi connectivity index (χ2n) is 3.16. The molecular formula is C8H14N3O3. The molecular weight excluding hydrogens is 186 g/mol. The number of hydrogen-bond acceptors (Lipinski definition) is 4. The van der Waals surface area contributed by atoms with Gasteiger partial charge in [0.15, 0.2) is 0 Å². The third-order valence-corrected chi connectivity index (χ3v) is 2.12. The maximum absolute atomic E-state index is 11.6. The molecule has 6 heteroatoms. The van der Waals surface area contributed by atoms with Crippen LogP contribution in [0.5, 0.6) is 0 Å². The Balaban J connectivity index is 2.68. The minimum absolute atomic E-state index is 0.205. The van der Waals surface area contributed by atoms with Crippen molar-refractivity contribution in [3.8, 4) is 0 Å². The third-order valence-electron chi connectivity index (χ3n) is 2.12. The fraction of sp³-hybridized carbons (Fsp3) is 0.625. The number of aliphatic carboxylic acids is 1. The van der Waals surface area contributed by atoms with Gasteiger partial charge in [-0.1, -0.05) is 0 Å². The average molecular weight is 200 g/mol. The van der Waals surface area contributed by atoms with Crippen LogP contribution in [-0.4, -0.2) is 47.7 Å². The van der Waals surface area contributed by atoms with Crippen LogP contribution in [0.4, 0.5) is 0 Å². The molecule has 0 aromatic heterocycles. The van der Waals surface area contributed by atoms with Crippen LogP contribution in [0.1, 0.15) is 6.92 Å². The van der Waals surface area contributed by atoms with Gasteiger partial charge < -0.3 is 10.0 Å². The highest BCUT2D eigenvalue weighted by atomic mass is 16.4. The van der Waals surface area contributed by atoms with E-state index in [0.717, 1.165) is 0 Å². The molecule has 6 nitrogen and oxygen atoms in total. The van der Waals surface area contributed by atoms with E-state index in [0.29, 0.717) is 0 Å². The van der Waals surface area contributed by atoms with Gasteiger partial charge in [-0.2, -0.15) is 0 Å². The number of hydrogen-bond donors (Lipinski definition) is 3. The second-order valence-corrected chi connectivity index (χ2v) is 3.16. The van der Waals surface area contributed by atoms with Crippen molar-refractivity contribution < 1.29 is 14.7 Å². The van der Waals surface area contributed by atoms with Crippen LogP contribution in [0.25, 0.3) is 0 Å². The summed E-state index contributed by atoms with van der Waals surface area (Å²) in [6, 6.07) is -0.205. The quantitative estimate of drug-likeness (QED) is 0.522. The maximum atomic E-state index is 11.6. The summed E-state index contributed by atoms with van der Waals surface area (Å²) in [6.07, 6.45) is -0.523. The van der Waals surface area contributed by atoms with E-state index in [1.165, 1.54) is 4.90 Å². The summed E-state index contributed by atoms with van der Waals surface area (Å²) in [5, 5.41) is 14.2. The molecule has 0 aromatic carbocycles. The molecule has 1 aliphatic heterocycles. The van der Waals surface area contributed by atoms with Crippen LogP contribution in [-0.2, 0) is 9.59 Å². The van der Waals surface area contributed by atoms with Gasteiger partial charge in [0.1, 0.15) is 12.7 Å². The Morgan fingerprint density at radius 3 is 2.93 bits per heavy atom. The summed E-state index contributed by atoms with van der Waals surface area (Å²) >= 11 is 0. The lowest BCUT2D eigenvalue weighted by Gasteiger charge is -2.36. The third kappa shape index (κ3) is 2.21. The van der Waals surface area contributed by atoms with Crippen molar-refractivity contribution in [1.29, 1.82) is 0 Å². The van der Waals surface area contributed by atoms with Crippen LogP contribution < -0.4 is 10.6 Å². The molecule has 0 spiro atoms. The van der Waals surface area contributed by atoms with Gasteiger partial charge in [-0.3, -0.25) is 20.2 Å². The molecule has 14 heavy (non-hydrogen) atoms. The fourth-order valence-electron chi connectivity index (χ4n) is 1.34. The summed E-state index contributed by atoms with van der Waals surface area (Å²) in [5.74, 6) is -1.25. The Labute approximate surface area is 82.3 Å². The molecule has 0 saturated carbocycles. The van der Waals surface area contributed by atoms with E-state index in [4.69, 9.17) is 5.11 Å². The van der Waals surface area contributed by atoms with Crippen LogP contribution in [0, 0.1) is 6.54 Å². The number of amides is 1. The highest BCUT2D eigenvalue weighted by molar-refractivity contribution is 5.86. The lowest BCUT2D eigenvalue weighted by Crippen LogP contribution is -2.62. The topological polar surface area (TPSA) is 81.7 Å². The van der Waals surface area contributed by atoms with Crippen LogP contribution in [0.2, 0.25) is 0 Å². The summed E-state index contributed by atoms with van der Waals surface area (Å²) in [4.78, 5) is 23.4. The lowest BCUT2D eigenvalue weighted by atomic mass is 10.2. The zero-order chi connectivity index (χ0) is 10.7. The van der Waals surface area contributed by atoms with E-state index in [-0.39, 0.29) is 18.5 Å². The summed E-state index contributed by atoms with van der Waals surface area (Å²) < 4.78 is 0. The number of carboxylic acid groups (broad SMARTS) is 1. The van der Waals surface area contributed by atoms with E-state index in [2.05, 4.69) is 10.6 Å². The Bertz CT molecular complexity index is 244. The molecule has 1 aliphatic rings. The number of rotatable bonds is 3. The van der Waals surface area contributed by atoms with Gasteiger partial charge in [-0.05, 0) is 14.0 Å². The molecule has 2 atom stereocenters. The van der Waals surface area contributed by atoms with Crippen molar-refractivity contribution in [3.05, 3.63) is 6.54 Å². The molecule has 1 saturated heterocycles. The van der Waals surface area contributed by atoms with E-state index >= 15 is 0 Å². The SMILES string of the molecule is CNC1N[CH]C(C)N(CC(=O)O)C1=O. The van der Waals surface area contributed by atoms with Crippen molar-refractivity contribution in [2.75, 3.05) is 13.6 Å². The van der Waals surface area contributed by atoms with Gasteiger partial charge in [-0.15, -0.1) is 0 Å². The zero-order valence-corrected chi connectivity index (χ0v) is 8.15. The Morgan fingerprint density at radius 2 is 2.43 bits per heavy atom. The maximum Gasteiger partial charge on any atom is 0.323 e. The molecule has 0 bridgehead atoms. The van der Waals surface area contributed by atoms with E-state index in [1.807, 2.05) is 0 Å². The van der Waals surface area contributed by atoms with Gasteiger partial charge in [0.25, 0.3) is 5.91 Å². The molecule has 1 fully saturated rings. The minimum atomic E-state index is -1.00. The average Bonchev–Trinajstić information content (AvgIpc) is 2.12. The van der Waals surface area contributed by atoms with Crippen LogP contribution >= 0.6 is 0 Å². The summed E-state index contributed by atoms with van der Waals surface area (Å²) in [5.41, 5.74) is 0. The van der Waals surface area contributed by atoms with Crippen molar-refractivity contribution in [2.24, 2.45) is 0 Å². The Hall–Kier alpha value is -1.14. The Morgan fingerprint density at radius 1 is 1.79 bits per heavy atom. The molecule has 79 valence electrons. The van der Waals surface area contributed by atoms with Gasteiger partial charge in [-0.25, -0.2) is 0 Å². The molecule has 3 N–H and O–H groups in total. The van der Waals surface area contributed by atoms with E-state index < -0.39 is 12.1 Å². The predicted octanol–water partition coefficient (Wildman–Crippen LogP) is -1.40. The fourth-order valence-corrected chi connectivity index (χ4v) is 1.34. The molecule has 0 aliphatic carbocycles. The molecule has 1 rings (SSSR count). The number of piperazine rings is 1. The smallest absolute Gasteiger partial charge is 0.323 e. The normalized spacial score (nSPS) is 27.9. The zero-order valence-electron chi connectivity index (χ0n) is 8.15. The first-order valence-corrected chi connectivity index (χ1v) is 4.35.